The van der Waals surface area contributed by atoms with Gasteiger partial charge in [0.2, 0.25) is 0 Å². The van der Waals surface area contributed by atoms with Crippen LogP contribution in [0.25, 0.3) is 0 Å². The fourth-order valence-electron chi connectivity index (χ4n) is 0.827. The summed E-state index contributed by atoms with van der Waals surface area (Å²) in [6.07, 6.45) is 6.80. The predicted octanol–water partition coefficient (Wildman–Crippen LogP) is 3.71. The quantitative estimate of drug-likeness (QED) is 0.417. The lowest BCUT2D eigenvalue weighted by Crippen LogP contribution is -1.92. The second kappa shape index (κ2) is 8.79. The van der Waals surface area contributed by atoms with E-state index in [1.54, 1.807) is 0 Å². The van der Waals surface area contributed by atoms with E-state index in [1.807, 2.05) is 6.61 Å². The van der Waals surface area contributed by atoms with Crippen molar-refractivity contribution in [2.75, 3.05) is 6.61 Å². The number of unbranched alkanes of at least 4 members (excludes halogenated alkanes) is 2. The zero-order chi connectivity index (χ0) is 9.23. The molecule has 1 radical (unpaired) electrons. The molecule has 0 atom stereocenters. The van der Waals surface area contributed by atoms with E-state index < -0.39 is 0 Å². The first-order chi connectivity index (χ1) is 5.81. The molecule has 1 nitrogen and oxygen atoms in total. The summed E-state index contributed by atoms with van der Waals surface area (Å²) in [5.74, 6) is 0. The average Bonchev–Trinajstić information content (AvgIpc) is 2.10. The molecule has 0 aliphatic heterocycles. The number of rotatable bonds is 7. The van der Waals surface area contributed by atoms with Crippen molar-refractivity contribution in [2.24, 2.45) is 0 Å². The second-order valence-electron chi connectivity index (χ2n) is 3.08. The van der Waals surface area contributed by atoms with E-state index in [-0.39, 0.29) is 0 Å². The van der Waals surface area contributed by atoms with Crippen LogP contribution in [0.5, 0.6) is 0 Å². The molecule has 0 saturated carbocycles. The molecule has 0 spiro atoms. The maximum absolute atomic E-state index is 5.34. The molecule has 0 rings (SSSR count). The zero-order valence-corrected chi connectivity index (χ0v) is 8.60. The highest BCUT2D eigenvalue weighted by Crippen LogP contribution is 2.04. The van der Waals surface area contributed by atoms with E-state index in [1.165, 1.54) is 24.8 Å². The van der Waals surface area contributed by atoms with E-state index in [0.29, 0.717) is 0 Å². The molecule has 0 amide bonds. The molecule has 0 aliphatic carbocycles. The van der Waals surface area contributed by atoms with E-state index in [9.17, 15) is 0 Å². The Morgan fingerprint density at radius 1 is 1.33 bits per heavy atom. The van der Waals surface area contributed by atoms with Crippen molar-refractivity contribution < 1.29 is 4.74 Å². The Balaban J connectivity index is 3.00. The largest absolute Gasteiger partial charge is 0.375 e. The van der Waals surface area contributed by atoms with Crippen LogP contribution in [-0.2, 0) is 4.74 Å². The fourth-order valence-corrected chi connectivity index (χ4v) is 0.827. The summed E-state index contributed by atoms with van der Waals surface area (Å²) in [5, 5.41) is 0. The van der Waals surface area contributed by atoms with Gasteiger partial charge in [0.1, 0.15) is 0 Å². The van der Waals surface area contributed by atoms with Gasteiger partial charge in [-0.1, -0.05) is 31.4 Å². The Bertz CT molecular complexity index is 116. The maximum atomic E-state index is 5.34. The Hall–Kier alpha value is -0.300. The molecule has 0 aromatic heterocycles. The topological polar surface area (TPSA) is 9.23 Å². The van der Waals surface area contributed by atoms with Crippen LogP contribution < -0.4 is 0 Å². The van der Waals surface area contributed by atoms with Crippen molar-refractivity contribution in [3.63, 3.8) is 0 Å². The van der Waals surface area contributed by atoms with Gasteiger partial charge in [-0.15, -0.1) is 0 Å². The Kier molecular flexibility index (Phi) is 8.57. The first-order valence-corrected chi connectivity index (χ1v) is 4.86. The SMILES string of the molecule is CC=C(C)C[CH]OCCCCC. The lowest BCUT2D eigenvalue weighted by molar-refractivity contribution is 0.190. The molecule has 71 valence electrons. The van der Waals surface area contributed by atoms with Gasteiger partial charge in [0.05, 0.1) is 6.61 Å². The van der Waals surface area contributed by atoms with E-state index in [4.69, 9.17) is 4.74 Å². The molecule has 0 heterocycles. The number of ether oxygens (including phenoxy) is 1. The van der Waals surface area contributed by atoms with Gasteiger partial charge in [-0.25, -0.2) is 0 Å². The third-order valence-electron chi connectivity index (χ3n) is 1.88. The first kappa shape index (κ1) is 11.7. The molecule has 0 aromatic rings. The summed E-state index contributed by atoms with van der Waals surface area (Å²) < 4.78 is 5.34. The third kappa shape index (κ3) is 7.80. The summed E-state index contributed by atoms with van der Waals surface area (Å²) in [6.45, 7) is 9.16. The van der Waals surface area contributed by atoms with E-state index in [2.05, 4.69) is 26.8 Å². The van der Waals surface area contributed by atoms with Crippen molar-refractivity contribution in [3.8, 4) is 0 Å². The van der Waals surface area contributed by atoms with Gasteiger partial charge in [0, 0.05) is 6.61 Å². The summed E-state index contributed by atoms with van der Waals surface area (Å²) >= 11 is 0. The smallest absolute Gasteiger partial charge is 0.0876 e. The summed E-state index contributed by atoms with van der Waals surface area (Å²) in [6, 6.07) is 0. The van der Waals surface area contributed by atoms with Gasteiger partial charge in [0.15, 0.2) is 0 Å². The molecule has 1 heteroatoms. The molecule has 0 aromatic carbocycles. The van der Waals surface area contributed by atoms with Crippen molar-refractivity contribution in [2.45, 2.75) is 46.5 Å². The molecule has 0 bridgehead atoms. The van der Waals surface area contributed by atoms with Gasteiger partial charge in [-0.05, 0) is 26.7 Å². The predicted molar refractivity (Wildman–Crippen MR) is 53.8 cm³/mol. The zero-order valence-electron chi connectivity index (χ0n) is 8.60. The van der Waals surface area contributed by atoms with Gasteiger partial charge in [0.25, 0.3) is 0 Å². The average molecular weight is 169 g/mol. The van der Waals surface area contributed by atoms with Crippen LogP contribution in [-0.4, -0.2) is 6.61 Å². The maximum Gasteiger partial charge on any atom is 0.0876 e. The number of hydrogen-bond donors (Lipinski definition) is 0. The van der Waals surface area contributed by atoms with Gasteiger partial charge in [-0.2, -0.15) is 0 Å². The first-order valence-electron chi connectivity index (χ1n) is 4.86. The van der Waals surface area contributed by atoms with Gasteiger partial charge < -0.3 is 4.74 Å². The van der Waals surface area contributed by atoms with Crippen LogP contribution in [0.4, 0.5) is 0 Å². The molecule has 0 aliphatic rings. The minimum atomic E-state index is 0.880. The molecule has 0 N–H and O–H groups in total. The van der Waals surface area contributed by atoms with Crippen molar-refractivity contribution in [1.82, 2.24) is 0 Å². The Labute approximate surface area is 76.8 Å². The minimum absolute atomic E-state index is 0.880. The molecule has 0 unspecified atom stereocenters. The summed E-state index contributed by atoms with van der Waals surface area (Å²) in [5.41, 5.74) is 1.37. The summed E-state index contributed by atoms with van der Waals surface area (Å²) in [4.78, 5) is 0. The minimum Gasteiger partial charge on any atom is -0.375 e. The molecular formula is C11H21O. The normalized spacial score (nSPS) is 12.1. The van der Waals surface area contributed by atoms with Crippen molar-refractivity contribution in [1.29, 1.82) is 0 Å². The van der Waals surface area contributed by atoms with Crippen LogP contribution in [0.15, 0.2) is 11.6 Å². The lowest BCUT2D eigenvalue weighted by atomic mass is 10.2. The lowest BCUT2D eigenvalue weighted by Gasteiger charge is -2.02. The standard InChI is InChI=1S/C11H21O/c1-4-6-7-9-12-10-8-11(3)5-2/h5,10H,4,6-9H2,1-3H3. The van der Waals surface area contributed by atoms with Crippen molar-refractivity contribution >= 4 is 0 Å². The van der Waals surface area contributed by atoms with Crippen LogP contribution in [0.2, 0.25) is 0 Å². The molecule has 0 saturated heterocycles. The monoisotopic (exact) mass is 169 g/mol. The third-order valence-corrected chi connectivity index (χ3v) is 1.88. The number of allylic oxidation sites excluding steroid dienone is 1. The molecular weight excluding hydrogens is 148 g/mol. The Morgan fingerprint density at radius 2 is 2.08 bits per heavy atom. The molecule has 12 heavy (non-hydrogen) atoms. The van der Waals surface area contributed by atoms with Crippen molar-refractivity contribution in [3.05, 3.63) is 18.3 Å². The summed E-state index contributed by atoms with van der Waals surface area (Å²) in [7, 11) is 0. The highest BCUT2D eigenvalue weighted by Gasteiger charge is 1.90. The van der Waals surface area contributed by atoms with E-state index >= 15 is 0 Å². The van der Waals surface area contributed by atoms with Crippen LogP contribution in [0.3, 0.4) is 0 Å². The highest BCUT2D eigenvalue weighted by molar-refractivity contribution is 4.97. The number of hydrogen-bond acceptors (Lipinski definition) is 1. The highest BCUT2D eigenvalue weighted by atomic mass is 16.5. The van der Waals surface area contributed by atoms with Gasteiger partial charge >= 0.3 is 0 Å². The van der Waals surface area contributed by atoms with Crippen LogP contribution >= 0.6 is 0 Å². The van der Waals surface area contributed by atoms with Crippen LogP contribution in [0.1, 0.15) is 46.5 Å². The Morgan fingerprint density at radius 3 is 2.67 bits per heavy atom. The van der Waals surface area contributed by atoms with Crippen LogP contribution in [0, 0.1) is 6.61 Å². The molecule has 0 fully saturated rings. The van der Waals surface area contributed by atoms with Gasteiger partial charge in [-0.3, -0.25) is 0 Å². The second-order valence-corrected chi connectivity index (χ2v) is 3.08. The fraction of sp³-hybridized carbons (Fsp3) is 0.727. The van der Waals surface area contributed by atoms with E-state index in [0.717, 1.165) is 13.0 Å².